The standard InChI is InChI=1S/C20H20N4/c1-2-4-10-16-15(9-3-1)19(17-11-5-7-13-21-17)23-24-20(16)18-12-6-8-14-22-18/h5-9,11-14,16H,1-4,10H2/b15-9+. The van der Waals surface area contributed by atoms with Gasteiger partial charge in [-0.3, -0.25) is 9.97 Å². The molecule has 3 heterocycles. The average molecular weight is 316 g/mol. The smallest absolute Gasteiger partial charge is 0.115 e. The van der Waals surface area contributed by atoms with Crippen molar-refractivity contribution in [3.8, 4) is 0 Å². The highest BCUT2D eigenvalue weighted by Crippen LogP contribution is 2.32. The quantitative estimate of drug-likeness (QED) is 0.834. The van der Waals surface area contributed by atoms with Crippen LogP contribution in [0.3, 0.4) is 0 Å². The van der Waals surface area contributed by atoms with E-state index >= 15 is 0 Å². The van der Waals surface area contributed by atoms with Crippen molar-refractivity contribution >= 4 is 11.4 Å². The van der Waals surface area contributed by atoms with E-state index in [0.717, 1.165) is 35.7 Å². The normalized spacial score (nSPS) is 23.0. The Balaban J connectivity index is 1.83. The lowest BCUT2D eigenvalue weighted by molar-refractivity contribution is 0.585. The van der Waals surface area contributed by atoms with E-state index in [0.29, 0.717) is 0 Å². The molecule has 2 aromatic rings. The maximum atomic E-state index is 4.58. The Labute approximate surface area is 142 Å². The second-order valence-electron chi connectivity index (χ2n) is 6.21. The molecule has 1 aliphatic heterocycles. The van der Waals surface area contributed by atoms with Gasteiger partial charge in [0.2, 0.25) is 0 Å². The molecule has 120 valence electrons. The summed E-state index contributed by atoms with van der Waals surface area (Å²) < 4.78 is 0. The van der Waals surface area contributed by atoms with Crippen LogP contribution in [-0.4, -0.2) is 21.4 Å². The molecule has 0 saturated carbocycles. The maximum absolute atomic E-state index is 4.58. The van der Waals surface area contributed by atoms with Crippen molar-refractivity contribution < 1.29 is 0 Å². The van der Waals surface area contributed by atoms with E-state index in [9.17, 15) is 0 Å². The van der Waals surface area contributed by atoms with Gasteiger partial charge in [-0.1, -0.05) is 31.1 Å². The average Bonchev–Trinajstić information content (AvgIpc) is 2.63. The predicted molar refractivity (Wildman–Crippen MR) is 96.2 cm³/mol. The number of nitrogens with zero attached hydrogens (tertiary/aromatic N) is 4. The fraction of sp³-hybridized carbons (Fsp3) is 0.300. The topological polar surface area (TPSA) is 50.5 Å². The van der Waals surface area contributed by atoms with Crippen LogP contribution in [0.15, 0.2) is 70.6 Å². The van der Waals surface area contributed by atoms with Crippen LogP contribution in [0.1, 0.15) is 43.5 Å². The summed E-state index contributed by atoms with van der Waals surface area (Å²) in [6.45, 7) is 0. The van der Waals surface area contributed by atoms with Crippen LogP contribution in [0, 0.1) is 5.92 Å². The van der Waals surface area contributed by atoms with Gasteiger partial charge in [0, 0.05) is 18.3 Å². The maximum Gasteiger partial charge on any atom is 0.115 e. The van der Waals surface area contributed by atoms with Crippen molar-refractivity contribution in [3.63, 3.8) is 0 Å². The molecule has 0 aromatic carbocycles. The molecule has 4 rings (SSSR count). The van der Waals surface area contributed by atoms with E-state index < -0.39 is 0 Å². The van der Waals surface area contributed by atoms with Gasteiger partial charge in [0.05, 0.1) is 17.1 Å². The molecule has 0 radical (unpaired) electrons. The van der Waals surface area contributed by atoms with Crippen LogP contribution in [0.5, 0.6) is 0 Å². The van der Waals surface area contributed by atoms with Crippen molar-refractivity contribution in [1.82, 2.24) is 9.97 Å². The number of fused-ring (bicyclic) bond motifs is 1. The molecule has 0 saturated heterocycles. The molecule has 1 atom stereocenters. The van der Waals surface area contributed by atoms with Crippen LogP contribution < -0.4 is 0 Å². The number of allylic oxidation sites excluding steroid dienone is 2. The van der Waals surface area contributed by atoms with Crippen molar-refractivity contribution in [2.75, 3.05) is 0 Å². The van der Waals surface area contributed by atoms with Gasteiger partial charge in [-0.2, -0.15) is 5.10 Å². The van der Waals surface area contributed by atoms with Gasteiger partial charge in [-0.25, -0.2) is 0 Å². The molecule has 4 heteroatoms. The summed E-state index contributed by atoms with van der Waals surface area (Å²) in [5, 5.41) is 9.12. The number of hydrogen-bond donors (Lipinski definition) is 0. The zero-order chi connectivity index (χ0) is 16.2. The van der Waals surface area contributed by atoms with Gasteiger partial charge < -0.3 is 0 Å². The Morgan fingerprint density at radius 3 is 2.33 bits per heavy atom. The van der Waals surface area contributed by atoms with E-state index in [2.05, 4.69) is 26.2 Å². The van der Waals surface area contributed by atoms with Crippen molar-refractivity contribution in [2.45, 2.75) is 32.1 Å². The van der Waals surface area contributed by atoms with Gasteiger partial charge >= 0.3 is 0 Å². The van der Waals surface area contributed by atoms with Crippen LogP contribution in [0.2, 0.25) is 0 Å². The molecule has 0 fully saturated rings. The number of hydrogen-bond acceptors (Lipinski definition) is 4. The molecule has 2 aliphatic rings. The Morgan fingerprint density at radius 1 is 0.792 bits per heavy atom. The van der Waals surface area contributed by atoms with Crippen LogP contribution >= 0.6 is 0 Å². The number of pyridine rings is 2. The third-order valence-electron chi connectivity index (χ3n) is 4.63. The molecule has 4 nitrogen and oxygen atoms in total. The first-order valence-corrected chi connectivity index (χ1v) is 8.62. The molecule has 0 spiro atoms. The Bertz CT molecular complexity index is 791. The van der Waals surface area contributed by atoms with Gasteiger partial charge in [0.1, 0.15) is 5.71 Å². The monoisotopic (exact) mass is 316 g/mol. The lowest BCUT2D eigenvalue weighted by Gasteiger charge is -2.27. The summed E-state index contributed by atoms with van der Waals surface area (Å²) in [5.74, 6) is 0.259. The fourth-order valence-corrected chi connectivity index (χ4v) is 3.45. The highest BCUT2D eigenvalue weighted by molar-refractivity contribution is 6.19. The molecular formula is C20H20N4. The predicted octanol–water partition coefficient (Wildman–Crippen LogP) is 4.19. The summed E-state index contributed by atoms with van der Waals surface area (Å²) in [6, 6.07) is 11.9. The van der Waals surface area contributed by atoms with Crippen molar-refractivity contribution in [3.05, 3.63) is 71.8 Å². The van der Waals surface area contributed by atoms with E-state index in [-0.39, 0.29) is 5.92 Å². The first kappa shape index (κ1) is 14.9. The largest absolute Gasteiger partial charge is 0.255 e. The summed E-state index contributed by atoms with van der Waals surface area (Å²) in [5.41, 5.74) is 5.01. The van der Waals surface area contributed by atoms with Gasteiger partial charge in [-0.05, 0) is 49.1 Å². The fourth-order valence-electron chi connectivity index (χ4n) is 3.45. The van der Waals surface area contributed by atoms with Crippen LogP contribution in [0.25, 0.3) is 0 Å². The van der Waals surface area contributed by atoms with Crippen molar-refractivity contribution in [2.24, 2.45) is 16.1 Å². The number of aromatic nitrogens is 2. The molecule has 0 bridgehead atoms. The third kappa shape index (κ3) is 2.92. The molecule has 0 amide bonds. The van der Waals surface area contributed by atoms with E-state index in [1.54, 1.807) is 0 Å². The van der Waals surface area contributed by atoms with Gasteiger partial charge in [0.25, 0.3) is 0 Å². The molecular weight excluding hydrogens is 296 g/mol. The Morgan fingerprint density at radius 2 is 1.58 bits per heavy atom. The Kier molecular flexibility index (Phi) is 4.28. The number of rotatable bonds is 2. The summed E-state index contributed by atoms with van der Waals surface area (Å²) in [4.78, 5) is 8.99. The molecule has 1 aliphatic carbocycles. The van der Waals surface area contributed by atoms with Gasteiger partial charge in [0.15, 0.2) is 0 Å². The second kappa shape index (κ2) is 6.87. The first-order valence-electron chi connectivity index (χ1n) is 8.62. The summed E-state index contributed by atoms with van der Waals surface area (Å²) >= 11 is 0. The highest BCUT2D eigenvalue weighted by atomic mass is 15.2. The zero-order valence-corrected chi connectivity index (χ0v) is 13.6. The van der Waals surface area contributed by atoms with Crippen molar-refractivity contribution in [1.29, 1.82) is 0 Å². The van der Waals surface area contributed by atoms with Gasteiger partial charge in [-0.15, -0.1) is 5.10 Å². The molecule has 2 aromatic heterocycles. The van der Waals surface area contributed by atoms with Crippen LogP contribution in [0.4, 0.5) is 0 Å². The molecule has 0 N–H and O–H groups in total. The third-order valence-corrected chi connectivity index (χ3v) is 4.63. The highest BCUT2D eigenvalue weighted by Gasteiger charge is 2.30. The first-order chi connectivity index (χ1) is 11.9. The minimum Gasteiger partial charge on any atom is -0.255 e. The minimum absolute atomic E-state index is 0.259. The van der Waals surface area contributed by atoms with E-state index in [4.69, 9.17) is 0 Å². The minimum atomic E-state index is 0.259. The summed E-state index contributed by atoms with van der Waals surface area (Å²) in [6.07, 6.45) is 11.9. The Hall–Kier alpha value is -2.62. The van der Waals surface area contributed by atoms with E-state index in [1.807, 2.05) is 48.8 Å². The molecule has 24 heavy (non-hydrogen) atoms. The SMILES string of the molecule is C1=C2/C(c3ccccn3)=NN=C(c3ccccn3)C2CCCCC/1. The molecule has 1 unspecified atom stereocenters. The lowest BCUT2D eigenvalue weighted by atomic mass is 9.81. The van der Waals surface area contributed by atoms with Crippen LogP contribution in [-0.2, 0) is 0 Å². The van der Waals surface area contributed by atoms with E-state index in [1.165, 1.54) is 24.8 Å². The summed E-state index contributed by atoms with van der Waals surface area (Å²) in [7, 11) is 0. The lowest BCUT2D eigenvalue weighted by Crippen LogP contribution is -2.28. The second-order valence-corrected chi connectivity index (χ2v) is 6.21. The zero-order valence-electron chi connectivity index (χ0n) is 13.6.